The minimum atomic E-state index is -0.0697. The van der Waals surface area contributed by atoms with E-state index in [-0.39, 0.29) is 11.3 Å². The highest BCUT2D eigenvalue weighted by Gasteiger charge is 2.44. The summed E-state index contributed by atoms with van der Waals surface area (Å²) in [5.74, 6) is 2.78. The van der Waals surface area contributed by atoms with Gasteiger partial charge in [-0.25, -0.2) is 0 Å². The number of likely N-dealkylation sites (tertiary alicyclic amines) is 1. The van der Waals surface area contributed by atoms with Crippen LogP contribution >= 0.6 is 0 Å². The van der Waals surface area contributed by atoms with Crippen LogP contribution < -0.4 is 0 Å². The quantitative estimate of drug-likeness (QED) is 0.775. The largest absolute Gasteiger partial charge is 0.343 e. The molecule has 6 heteroatoms. The van der Waals surface area contributed by atoms with Crippen LogP contribution in [-0.4, -0.2) is 39.0 Å². The molecule has 3 heterocycles. The summed E-state index contributed by atoms with van der Waals surface area (Å²) >= 11 is 0. The Morgan fingerprint density at radius 3 is 2.74 bits per heavy atom. The molecule has 6 nitrogen and oxygen atoms in total. The fraction of sp³-hybridized carbons (Fsp3) is 0.619. The molecule has 1 aliphatic carbocycles. The summed E-state index contributed by atoms with van der Waals surface area (Å²) < 4.78 is 5.58. The summed E-state index contributed by atoms with van der Waals surface area (Å²) in [6, 6.07) is 3.81. The Labute approximate surface area is 160 Å². The Bertz CT molecular complexity index is 774. The van der Waals surface area contributed by atoms with Crippen molar-refractivity contribution in [3.8, 4) is 11.5 Å². The van der Waals surface area contributed by atoms with Gasteiger partial charge in [0, 0.05) is 37.3 Å². The van der Waals surface area contributed by atoms with E-state index in [0.29, 0.717) is 18.2 Å². The molecule has 144 valence electrons. The van der Waals surface area contributed by atoms with Gasteiger partial charge in [0.05, 0.1) is 5.56 Å². The van der Waals surface area contributed by atoms with Crippen LogP contribution in [0.25, 0.3) is 11.5 Å². The first kappa shape index (κ1) is 18.1. The van der Waals surface area contributed by atoms with Gasteiger partial charge in [-0.15, -0.1) is 0 Å². The number of piperidine rings is 1. The van der Waals surface area contributed by atoms with Crippen LogP contribution in [-0.2, 0) is 10.2 Å². The molecule has 1 saturated heterocycles. The Balaban J connectivity index is 1.52. The van der Waals surface area contributed by atoms with Gasteiger partial charge >= 0.3 is 0 Å². The summed E-state index contributed by atoms with van der Waals surface area (Å²) in [7, 11) is 0. The van der Waals surface area contributed by atoms with Gasteiger partial charge in [-0.05, 0) is 43.2 Å². The highest BCUT2D eigenvalue weighted by molar-refractivity contribution is 5.76. The topological polar surface area (TPSA) is 72.1 Å². The van der Waals surface area contributed by atoms with Crippen molar-refractivity contribution in [1.82, 2.24) is 20.0 Å². The number of amides is 1. The second kappa shape index (κ2) is 7.41. The highest BCUT2D eigenvalue weighted by atomic mass is 16.5. The molecule has 2 fully saturated rings. The number of pyridine rings is 1. The fourth-order valence-electron chi connectivity index (χ4n) is 4.10. The minimum absolute atomic E-state index is 0.0697. The third kappa shape index (κ3) is 4.04. The van der Waals surface area contributed by atoms with E-state index in [1.54, 1.807) is 12.4 Å². The van der Waals surface area contributed by atoms with Crippen LogP contribution in [0.15, 0.2) is 29.0 Å². The predicted octanol–water partition coefficient (Wildman–Crippen LogP) is 3.84. The van der Waals surface area contributed by atoms with Crippen molar-refractivity contribution in [3.05, 3.63) is 30.4 Å². The summed E-state index contributed by atoms with van der Waals surface area (Å²) in [4.78, 5) is 23.4. The van der Waals surface area contributed by atoms with E-state index in [0.717, 1.165) is 49.7 Å². The number of rotatable bonds is 6. The average Bonchev–Trinajstić information content (AvgIpc) is 3.33. The maximum atomic E-state index is 12.4. The van der Waals surface area contributed by atoms with E-state index in [4.69, 9.17) is 9.51 Å². The minimum Gasteiger partial charge on any atom is -0.343 e. The Hall–Kier alpha value is -2.24. The summed E-state index contributed by atoms with van der Waals surface area (Å²) in [6.07, 6.45) is 9.64. The third-order valence-corrected chi connectivity index (χ3v) is 5.84. The van der Waals surface area contributed by atoms with Crippen molar-refractivity contribution in [2.45, 2.75) is 57.8 Å². The fourth-order valence-corrected chi connectivity index (χ4v) is 4.10. The van der Waals surface area contributed by atoms with Crippen molar-refractivity contribution < 1.29 is 9.32 Å². The molecule has 0 radical (unpaired) electrons. The van der Waals surface area contributed by atoms with Crippen molar-refractivity contribution >= 4 is 5.91 Å². The van der Waals surface area contributed by atoms with E-state index in [2.05, 4.69) is 24.0 Å². The maximum Gasteiger partial charge on any atom is 0.259 e. The van der Waals surface area contributed by atoms with Crippen molar-refractivity contribution in [2.24, 2.45) is 11.8 Å². The van der Waals surface area contributed by atoms with Gasteiger partial charge in [0.1, 0.15) is 0 Å². The van der Waals surface area contributed by atoms with Gasteiger partial charge in [-0.3, -0.25) is 9.78 Å². The number of hydrogen-bond donors (Lipinski definition) is 0. The zero-order valence-corrected chi connectivity index (χ0v) is 16.2. The molecule has 0 aromatic carbocycles. The lowest BCUT2D eigenvalue weighted by atomic mass is 9.73. The van der Waals surface area contributed by atoms with Crippen molar-refractivity contribution in [3.63, 3.8) is 0 Å². The molecule has 2 aromatic rings. The van der Waals surface area contributed by atoms with E-state index < -0.39 is 0 Å². The predicted molar refractivity (Wildman–Crippen MR) is 102 cm³/mol. The van der Waals surface area contributed by atoms with E-state index in [1.165, 1.54) is 12.8 Å². The van der Waals surface area contributed by atoms with Gasteiger partial charge in [0.25, 0.3) is 5.89 Å². The first-order valence-electron chi connectivity index (χ1n) is 10.1. The van der Waals surface area contributed by atoms with Gasteiger partial charge in [-0.1, -0.05) is 31.8 Å². The summed E-state index contributed by atoms with van der Waals surface area (Å²) in [5.41, 5.74) is 0.780. The Morgan fingerprint density at radius 1 is 1.33 bits per heavy atom. The van der Waals surface area contributed by atoms with Gasteiger partial charge in [0.15, 0.2) is 5.82 Å². The smallest absolute Gasteiger partial charge is 0.259 e. The van der Waals surface area contributed by atoms with E-state index in [1.807, 2.05) is 17.0 Å². The first-order valence-corrected chi connectivity index (χ1v) is 10.1. The number of hydrogen-bond acceptors (Lipinski definition) is 5. The molecule has 2 aromatic heterocycles. The average molecular weight is 368 g/mol. The Kier molecular flexibility index (Phi) is 4.98. The van der Waals surface area contributed by atoms with E-state index >= 15 is 0 Å². The summed E-state index contributed by atoms with van der Waals surface area (Å²) in [5, 5.41) is 4.37. The molecule has 1 amide bonds. The molecular weight excluding hydrogens is 340 g/mol. The second-order valence-electron chi connectivity index (χ2n) is 8.57. The van der Waals surface area contributed by atoms with E-state index in [9.17, 15) is 4.79 Å². The zero-order valence-electron chi connectivity index (χ0n) is 16.2. The van der Waals surface area contributed by atoms with Crippen LogP contribution in [0.2, 0.25) is 0 Å². The molecule has 1 saturated carbocycles. The van der Waals surface area contributed by atoms with Crippen LogP contribution in [0.1, 0.15) is 58.2 Å². The van der Waals surface area contributed by atoms with Gasteiger partial charge < -0.3 is 9.42 Å². The molecule has 2 aliphatic rings. The highest BCUT2D eigenvalue weighted by Crippen LogP contribution is 2.46. The van der Waals surface area contributed by atoms with Crippen molar-refractivity contribution in [2.75, 3.05) is 13.1 Å². The zero-order chi connectivity index (χ0) is 18.9. The van der Waals surface area contributed by atoms with Gasteiger partial charge in [-0.2, -0.15) is 4.98 Å². The molecule has 1 aliphatic heterocycles. The summed E-state index contributed by atoms with van der Waals surface area (Å²) in [6.45, 7) is 5.76. The number of aromatic nitrogens is 3. The molecule has 4 rings (SSSR count). The maximum absolute atomic E-state index is 12.4. The number of carbonyl (C=O) groups excluding carboxylic acids is 1. The number of nitrogens with zero attached hydrogens (tertiary/aromatic N) is 4. The second-order valence-corrected chi connectivity index (χ2v) is 8.57. The lowest BCUT2D eigenvalue weighted by Gasteiger charge is -2.40. The molecule has 0 bridgehead atoms. The van der Waals surface area contributed by atoms with Crippen LogP contribution in [0.4, 0.5) is 0 Å². The lowest BCUT2D eigenvalue weighted by Crippen LogP contribution is -2.46. The molecular formula is C21H28N4O2. The van der Waals surface area contributed by atoms with Gasteiger partial charge in [0.2, 0.25) is 5.91 Å². The monoisotopic (exact) mass is 368 g/mol. The molecule has 27 heavy (non-hydrogen) atoms. The third-order valence-electron chi connectivity index (χ3n) is 5.84. The van der Waals surface area contributed by atoms with Crippen LogP contribution in [0.5, 0.6) is 0 Å². The Morgan fingerprint density at radius 2 is 2.11 bits per heavy atom. The van der Waals surface area contributed by atoms with Crippen LogP contribution in [0.3, 0.4) is 0 Å². The van der Waals surface area contributed by atoms with Crippen LogP contribution in [0, 0.1) is 11.8 Å². The first-order chi connectivity index (χ1) is 13.1. The number of carbonyl (C=O) groups is 1. The molecule has 0 N–H and O–H groups in total. The lowest BCUT2D eigenvalue weighted by molar-refractivity contribution is -0.133. The molecule has 0 spiro atoms. The van der Waals surface area contributed by atoms with Crippen molar-refractivity contribution in [1.29, 1.82) is 0 Å². The standard InChI is InChI=1S/C21H28N4O2/c1-15(2)12-18(26)25-10-7-21(8-11-25,13-16-5-6-16)20-23-19(27-24-20)17-4-3-9-22-14-17/h3-4,9,14-16H,5-8,10-13H2,1-2H3. The SMILES string of the molecule is CC(C)CC(=O)N1CCC(CC2CC2)(c2noc(-c3cccnc3)n2)CC1. The molecule has 0 unspecified atom stereocenters. The normalized spacial score (nSPS) is 19.4. The molecule has 0 atom stereocenters.